The zero-order valence-corrected chi connectivity index (χ0v) is 22.6. The number of nitrogens with one attached hydrogen (secondary N) is 3. The maximum absolute atomic E-state index is 13.3. The number of aryl methyl sites for hydroxylation is 1. The molecule has 0 radical (unpaired) electrons. The highest BCUT2D eigenvalue weighted by Crippen LogP contribution is 2.29. The van der Waals surface area contributed by atoms with Crippen molar-refractivity contribution in [2.24, 2.45) is 0 Å². The first-order valence-corrected chi connectivity index (χ1v) is 13.8. The second-order valence-electron chi connectivity index (χ2n) is 8.94. The van der Waals surface area contributed by atoms with Crippen molar-refractivity contribution in [1.82, 2.24) is 10.2 Å². The molecule has 0 aliphatic rings. The number of amides is 1. The van der Waals surface area contributed by atoms with Gasteiger partial charge in [0.05, 0.1) is 11.7 Å². The van der Waals surface area contributed by atoms with E-state index in [1.807, 2.05) is 90.9 Å². The van der Waals surface area contributed by atoms with Crippen LogP contribution in [-0.2, 0) is 17.9 Å². The molecule has 0 aliphatic carbocycles. The van der Waals surface area contributed by atoms with Gasteiger partial charge in [-0.05, 0) is 71.4 Å². The summed E-state index contributed by atoms with van der Waals surface area (Å²) >= 11 is 1.64. The van der Waals surface area contributed by atoms with Gasteiger partial charge in [0.2, 0.25) is 0 Å². The van der Waals surface area contributed by atoms with Gasteiger partial charge in [-0.25, -0.2) is 0 Å². The zero-order valence-electron chi connectivity index (χ0n) is 21.8. The van der Waals surface area contributed by atoms with Crippen molar-refractivity contribution >= 4 is 36.4 Å². The summed E-state index contributed by atoms with van der Waals surface area (Å²) in [6.45, 7) is 3.06. The van der Waals surface area contributed by atoms with E-state index in [9.17, 15) is 9.59 Å². The van der Waals surface area contributed by atoms with Gasteiger partial charge in [0.25, 0.3) is 5.91 Å². The molecule has 0 heterocycles. The van der Waals surface area contributed by atoms with Crippen LogP contribution < -0.4 is 5.32 Å². The lowest BCUT2D eigenvalue weighted by atomic mass is 9.93. The first kappa shape index (κ1) is 28.6. The molecule has 3 N–H and O–H groups in total. The molecule has 196 valence electrons. The summed E-state index contributed by atoms with van der Waals surface area (Å²) in [5.41, 5.74) is 5.95. The van der Waals surface area contributed by atoms with Crippen molar-refractivity contribution in [3.8, 4) is 11.1 Å². The largest absolute Gasteiger partial charge is 0.362 e. The molecule has 0 saturated carbocycles. The lowest BCUT2D eigenvalue weighted by Crippen LogP contribution is -2.36. The molecule has 3 rings (SSSR count). The maximum Gasteiger partial charge on any atom is 0.252 e. The topological polar surface area (TPSA) is 97.1 Å². The number of carbonyl (C=O) groups is 2. The fourth-order valence-corrected chi connectivity index (χ4v) is 4.73. The number of allylic oxidation sites excluding steroid dienone is 2. The first-order chi connectivity index (χ1) is 18.5. The van der Waals surface area contributed by atoms with E-state index in [0.717, 1.165) is 39.9 Å². The smallest absolute Gasteiger partial charge is 0.252 e. The monoisotopic (exact) mass is 526 g/mol. The second-order valence-corrected chi connectivity index (χ2v) is 9.92. The van der Waals surface area contributed by atoms with Crippen LogP contribution in [0.4, 0.5) is 0 Å². The maximum atomic E-state index is 13.3. The van der Waals surface area contributed by atoms with Crippen molar-refractivity contribution in [2.45, 2.75) is 32.5 Å². The van der Waals surface area contributed by atoms with Gasteiger partial charge in [-0.15, -0.1) is 0 Å². The van der Waals surface area contributed by atoms with E-state index >= 15 is 0 Å². The minimum atomic E-state index is -0.540. The number of hydrogen-bond acceptors (Lipinski definition) is 6. The number of thioether (sulfide) groups is 1. The molecule has 0 aromatic heterocycles. The van der Waals surface area contributed by atoms with Crippen LogP contribution in [0.1, 0.15) is 33.5 Å². The Morgan fingerprint density at radius 1 is 0.974 bits per heavy atom. The quantitative estimate of drug-likeness (QED) is 0.180. The molecule has 7 heteroatoms. The van der Waals surface area contributed by atoms with Crippen molar-refractivity contribution in [3.63, 3.8) is 0 Å². The van der Waals surface area contributed by atoms with Gasteiger partial charge in [0, 0.05) is 31.1 Å². The first-order valence-electron chi connectivity index (χ1n) is 12.4. The Labute approximate surface area is 229 Å². The van der Waals surface area contributed by atoms with Crippen LogP contribution in [0.15, 0.2) is 84.6 Å². The molecule has 1 unspecified atom stereocenters. The van der Waals surface area contributed by atoms with Gasteiger partial charge in [-0.2, -0.15) is 11.8 Å². The van der Waals surface area contributed by atoms with Gasteiger partial charge in [-0.3, -0.25) is 4.79 Å². The van der Waals surface area contributed by atoms with E-state index in [-0.39, 0.29) is 5.91 Å². The third-order valence-electron chi connectivity index (χ3n) is 6.23. The molecule has 0 saturated heterocycles. The van der Waals surface area contributed by atoms with E-state index in [4.69, 9.17) is 10.8 Å². The number of carbonyl (C=O) groups excluding carboxylic acids is 2. The zero-order chi connectivity index (χ0) is 27.3. The number of nitrogens with zero attached hydrogens (tertiary/aromatic N) is 1. The number of hydrogen-bond donors (Lipinski definition) is 3. The van der Waals surface area contributed by atoms with E-state index in [0.29, 0.717) is 30.8 Å². The van der Waals surface area contributed by atoms with E-state index in [1.165, 1.54) is 12.4 Å². The van der Waals surface area contributed by atoms with Crippen LogP contribution in [0.25, 0.3) is 11.1 Å². The lowest BCUT2D eigenvalue weighted by Gasteiger charge is -2.26. The Morgan fingerprint density at radius 2 is 1.68 bits per heavy atom. The van der Waals surface area contributed by atoms with Crippen molar-refractivity contribution in [3.05, 3.63) is 107 Å². The van der Waals surface area contributed by atoms with Gasteiger partial charge in [0.15, 0.2) is 0 Å². The number of rotatable bonds is 14. The molecule has 6 nitrogen and oxygen atoms in total. The predicted octanol–water partition coefficient (Wildman–Crippen LogP) is 5.90. The second kappa shape index (κ2) is 14.7. The van der Waals surface area contributed by atoms with E-state index in [1.54, 1.807) is 17.8 Å². The number of benzene rings is 3. The Morgan fingerprint density at radius 3 is 2.34 bits per heavy atom. The fraction of sp³-hybridized carbons (Fsp3) is 0.226. The van der Waals surface area contributed by atoms with Gasteiger partial charge in [0.1, 0.15) is 6.29 Å². The predicted molar refractivity (Wildman–Crippen MR) is 158 cm³/mol. The molecule has 0 aliphatic heterocycles. The summed E-state index contributed by atoms with van der Waals surface area (Å²) in [6.07, 6.45) is 7.40. The number of aldehydes is 1. The van der Waals surface area contributed by atoms with Crippen LogP contribution in [0.3, 0.4) is 0 Å². The molecule has 0 bridgehead atoms. The van der Waals surface area contributed by atoms with E-state index in [2.05, 4.69) is 5.32 Å². The normalized spacial score (nSPS) is 11.9. The molecular weight excluding hydrogens is 492 g/mol. The average Bonchev–Trinajstić information content (AvgIpc) is 2.94. The van der Waals surface area contributed by atoms with Crippen LogP contribution >= 0.6 is 11.8 Å². The van der Waals surface area contributed by atoms with Crippen LogP contribution in [0.5, 0.6) is 0 Å². The Hall–Kier alpha value is -3.97. The standard InChI is InChI=1S/C31H34N4O2S/c1-23-8-6-7-11-28(23)30-18-25(12-13-29(30)31(37)34-26(22-36)15-17-38-2)21-35(27(19-33)14-16-32)20-24-9-4-3-5-10-24/h3-14,16,18-19,22,26,32-33H,15,17,20-21H2,1-2H3,(H,34,37)/b27-14+,32-16?,33-19?. The van der Waals surface area contributed by atoms with Crippen molar-refractivity contribution in [1.29, 1.82) is 10.8 Å². The minimum Gasteiger partial charge on any atom is -0.362 e. The summed E-state index contributed by atoms with van der Waals surface area (Å²) in [6, 6.07) is 23.1. The van der Waals surface area contributed by atoms with Gasteiger partial charge < -0.3 is 25.8 Å². The molecule has 3 aromatic carbocycles. The van der Waals surface area contributed by atoms with Crippen LogP contribution in [0.2, 0.25) is 0 Å². The SMILES string of the molecule is CSCCC(C=O)NC(=O)c1ccc(CN(Cc2ccccc2)/C(C=N)=C/C=N)cc1-c1ccccc1C. The highest BCUT2D eigenvalue weighted by atomic mass is 32.2. The molecule has 1 amide bonds. The Kier molecular flexibility index (Phi) is 11.1. The van der Waals surface area contributed by atoms with Crippen LogP contribution in [-0.4, -0.2) is 47.6 Å². The van der Waals surface area contributed by atoms with Crippen molar-refractivity contribution in [2.75, 3.05) is 12.0 Å². The molecule has 38 heavy (non-hydrogen) atoms. The molecule has 0 spiro atoms. The Bertz CT molecular complexity index is 1290. The highest BCUT2D eigenvalue weighted by molar-refractivity contribution is 7.98. The van der Waals surface area contributed by atoms with Gasteiger partial charge in [-0.1, -0.05) is 60.7 Å². The highest BCUT2D eigenvalue weighted by Gasteiger charge is 2.19. The molecule has 0 fully saturated rings. The molecule has 1 atom stereocenters. The summed E-state index contributed by atoms with van der Waals surface area (Å²) in [5.74, 6) is 0.501. The summed E-state index contributed by atoms with van der Waals surface area (Å²) in [5, 5.41) is 18.4. The third kappa shape index (κ3) is 7.76. The summed E-state index contributed by atoms with van der Waals surface area (Å²) in [4.78, 5) is 27.0. The summed E-state index contributed by atoms with van der Waals surface area (Å²) in [7, 11) is 0. The fourth-order valence-electron chi connectivity index (χ4n) is 4.24. The summed E-state index contributed by atoms with van der Waals surface area (Å²) < 4.78 is 0. The average molecular weight is 527 g/mol. The van der Waals surface area contributed by atoms with Crippen molar-refractivity contribution < 1.29 is 9.59 Å². The Balaban J connectivity index is 2.01. The minimum absolute atomic E-state index is 0.280. The molecule has 3 aromatic rings. The third-order valence-corrected chi connectivity index (χ3v) is 6.88. The molecular formula is C31H34N4O2S. The lowest BCUT2D eigenvalue weighted by molar-refractivity contribution is -0.109. The van der Waals surface area contributed by atoms with Gasteiger partial charge >= 0.3 is 0 Å². The van der Waals surface area contributed by atoms with E-state index < -0.39 is 6.04 Å². The van der Waals surface area contributed by atoms with Crippen LogP contribution in [0, 0.1) is 17.7 Å².